The van der Waals surface area contributed by atoms with Crippen LogP contribution in [0.3, 0.4) is 0 Å². The number of aliphatic hydroxyl groups excluding tert-OH is 1. The van der Waals surface area contributed by atoms with E-state index in [1.165, 1.54) is 0 Å². The van der Waals surface area contributed by atoms with Crippen LogP contribution in [0.4, 0.5) is 0 Å². The molecule has 19 heavy (non-hydrogen) atoms. The molecule has 1 aromatic heterocycles. The van der Waals surface area contributed by atoms with Gasteiger partial charge >= 0.3 is 0 Å². The van der Waals surface area contributed by atoms with Crippen molar-refractivity contribution >= 4 is 11.6 Å². The van der Waals surface area contributed by atoms with Gasteiger partial charge in [-0.15, -0.1) is 0 Å². The smallest absolute Gasteiger partial charge is 0.0996 e. The van der Waals surface area contributed by atoms with Crippen LogP contribution in [0, 0.1) is 0 Å². The number of aryl methyl sites for hydroxylation is 2. The van der Waals surface area contributed by atoms with Gasteiger partial charge in [0.15, 0.2) is 0 Å². The topological polar surface area (TPSA) is 38.0 Å². The molecule has 0 aliphatic heterocycles. The van der Waals surface area contributed by atoms with Crippen LogP contribution in [-0.4, -0.2) is 14.9 Å². The Kier molecular flexibility index (Phi) is 4.61. The highest BCUT2D eigenvalue weighted by Gasteiger charge is 2.15. The van der Waals surface area contributed by atoms with Gasteiger partial charge in [0.25, 0.3) is 0 Å². The molecule has 1 heterocycles. The molecule has 0 radical (unpaired) electrons. The lowest BCUT2D eigenvalue weighted by atomic mass is 10.1. The van der Waals surface area contributed by atoms with Crippen LogP contribution in [0.1, 0.15) is 36.9 Å². The van der Waals surface area contributed by atoms with Crippen LogP contribution in [0.5, 0.6) is 0 Å². The van der Waals surface area contributed by atoms with Crippen molar-refractivity contribution in [2.45, 2.75) is 39.3 Å². The fourth-order valence-corrected chi connectivity index (χ4v) is 2.39. The normalized spacial score (nSPS) is 12.6. The van der Waals surface area contributed by atoms with Gasteiger partial charge in [-0.25, -0.2) is 0 Å². The number of halogens is 1. The van der Waals surface area contributed by atoms with Gasteiger partial charge in [-0.2, -0.15) is 5.10 Å². The third-order valence-corrected chi connectivity index (χ3v) is 3.42. The summed E-state index contributed by atoms with van der Waals surface area (Å²) in [6.45, 7) is 4.86. The summed E-state index contributed by atoms with van der Waals surface area (Å²) in [5, 5.41) is 15.5. The third-order valence-electron chi connectivity index (χ3n) is 3.18. The average molecular weight is 279 g/mol. The number of aromatic nitrogens is 2. The lowest BCUT2D eigenvalue weighted by molar-refractivity contribution is 0.167. The van der Waals surface area contributed by atoms with Gasteiger partial charge in [-0.1, -0.05) is 30.7 Å². The molecule has 0 aliphatic carbocycles. The fraction of sp³-hybridized carbons (Fsp3) is 0.400. The Morgan fingerprint density at radius 1 is 1.32 bits per heavy atom. The van der Waals surface area contributed by atoms with E-state index in [1.807, 2.05) is 41.9 Å². The Bertz CT molecular complexity index is 551. The van der Waals surface area contributed by atoms with Crippen molar-refractivity contribution in [1.82, 2.24) is 9.78 Å². The van der Waals surface area contributed by atoms with Crippen molar-refractivity contribution in [3.05, 3.63) is 52.3 Å². The molecule has 0 aliphatic rings. The highest BCUT2D eigenvalue weighted by molar-refractivity contribution is 6.30. The van der Waals surface area contributed by atoms with E-state index in [9.17, 15) is 5.11 Å². The Morgan fingerprint density at radius 3 is 2.74 bits per heavy atom. The molecule has 1 aromatic carbocycles. The largest absolute Gasteiger partial charge is 0.386 e. The first-order valence-electron chi connectivity index (χ1n) is 6.63. The summed E-state index contributed by atoms with van der Waals surface area (Å²) in [7, 11) is 0. The van der Waals surface area contributed by atoms with Crippen LogP contribution in [0.15, 0.2) is 30.3 Å². The minimum absolute atomic E-state index is 0.550. The van der Waals surface area contributed by atoms with Crippen LogP contribution in [-0.2, 0) is 19.4 Å². The second-order valence-electron chi connectivity index (χ2n) is 4.58. The van der Waals surface area contributed by atoms with Crippen molar-refractivity contribution in [2.75, 3.05) is 0 Å². The number of aliphatic hydroxyl groups is 1. The second kappa shape index (κ2) is 6.22. The van der Waals surface area contributed by atoms with Crippen molar-refractivity contribution in [2.24, 2.45) is 0 Å². The maximum Gasteiger partial charge on any atom is 0.0996 e. The summed E-state index contributed by atoms with van der Waals surface area (Å²) in [5.74, 6) is 0. The average Bonchev–Trinajstić information content (AvgIpc) is 2.82. The molecule has 0 saturated heterocycles. The minimum Gasteiger partial charge on any atom is -0.386 e. The van der Waals surface area contributed by atoms with Crippen molar-refractivity contribution in [1.29, 1.82) is 0 Å². The Morgan fingerprint density at radius 2 is 2.11 bits per heavy atom. The summed E-state index contributed by atoms with van der Waals surface area (Å²) in [5.41, 5.74) is 2.92. The Balaban J connectivity index is 2.19. The molecule has 102 valence electrons. The van der Waals surface area contributed by atoms with Crippen molar-refractivity contribution in [3.63, 3.8) is 0 Å². The highest BCUT2D eigenvalue weighted by Crippen LogP contribution is 2.21. The van der Waals surface area contributed by atoms with Gasteiger partial charge in [0.05, 0.1) is 17.5 Å². The van der Waals surface area contributed by atoms with Crippen molar-refractivity contribution in [3.8, 4) is 0 Å². The van der Waals surface area contributed by atoms with Gasteiger partial charge < -0.3 is 5.11 Å². The maximum absolute atomic E-state index is 10.4. The number of rotatable bonds is 5. The van der Waals surface area contributed by atoms with E-state index in [-0.39, 0.29) is 0 Å². The summed E-state index contributed by atoms with van der Waals surface area (Å²) >= 11 is 5.96. The molecule has 0 saturated carbocycles. The number of hydrogen-bond acceptors (Lipinski definition) is 2. The SMILES string of the molecule is CCc1cc(C(O)Cc2cccc(Cl)c2)n(CC)n1. The number of nitrogens with zero attached hydrogens (tertiary/aromatic N) is 2. The molecular formula is C15H19ClN2O. The van der Waals surface area contributed by atoms with Gasteiger partial charge in [0.2, 0.25) is 0 Å². The standard InChI is InChI=1S/C15H19ClN2O/c1-3-13-10-14(18(4-2)17-13)15(19)9-11-6-5-7-12(16)8-11/h5-8,10,15,19H,3-4,9H2,1-2H3. The van der Waals surface area contributed by atoms with E-state index in [2.05, 4.69) is 12.0 Å². The van der Waals surface area contributed by atoms with E-state index in [0.29, 0.717) is 11.4 Å². The molecule has 2 rings (SSSR count). The predicted octanol–water partition coefficient (Wildman–Crippen LogP) is 3.39. The second-order valence-corrected chi connectivity index (χ2v) is 5.02. The van der Waals surface area contributed by atoms with E-state index in [1.54, 1.807) is 0 Å². The molecule has 0 fully saturated rings. The zero-order valence-electron chi connectivity index (χ0n) is 11.3. The number of benzene rings is 1. The first-order chi connectivity index (χ1) is 9.13. The molecule has 0 bridgehead atoms. The lowest BCUT2D eigenvalue weighted by Crippen LogP contribution is -2.10. The first kappa shape index (κ1) is 14.1. The summed E-state index contributed by atoms with van der Waals surface area (Å²) in [6.07, 6.45) is 0.880. The quantitative estimate of drug-likeness (QED) is 0.910. The first-order valence-corrected chi connectivity index (χ1v) is 7.01. The van der Waals surface area contributed by atoms with Gasteiger partial charge in [0, 0.05) is 18.0 Å². The third kappa shape index (κ3) is 3.37. The molecule has 1 unspecified atom stereocenters. The van der Waals surface area contributed by atoms with Crippen LogP contribution < -0.4 is 0 Å². The van der Waals surface area contributed by atoms with E-state index in [4.69, 9.17) is 11.6 Å². The Hall–Kier alpha value is -1.32. The van der Waals surface area contributed by atoms with E-state index in [0.717, 1.165) is 29.9 Å². The monoisotopic (exact) mass is 278 g/mol. The van der Waals surface area contributed by atoms with Crippen LogP contribution in [0.25, 0.3) is 0 Å². The minimum atomic E-state index is -0.550. The van der Waals surface area contributed by atoms with Crippen molar-refractivity contribution < 1.29 is 5.11 Å². The van der Waals surface area contributed by atoms with E-state index >= 15 is 0 Å². The molecule has 4 heteroatoms. The fourth-order valence-electron chi connectivity index (χ4n) is 2.17. The van der Waals surface area contributed by atoms with Gasteiger partial charge in [-0.05, 0) is 37.1 Å². The summed E-state index contributed by atoms with van der Waals surface area (Å²) in [4.78, 5) is 0. The molecule has 1 N–H and O–H groups in total. The molecule has 2 aromatic rings. The lowest BCUT2D eigenvalue weighted by Gasteiger charge is -2.12. The summed E-state index contributed by atoms with van der Waals surface area (Å²) < 4.78 is 1.87. The summed E-state index contributed by atoms with van der Waals surface area (Å²) in [6, 6.07) is 9.58. The molecule has 0 spiro atoms. The highest BCUT2D eigenvalue weighted by atomic mass is 35.5. The number of hydrogen-bond donors (Lipinski definition) is 1. The zero-order chi connectivity index (χ0) is 13.8. The van der Waals surface area contributed by atoms with E-state index < -0.39 is 6.10 Å². The zero-order valence-corrected chi connectivity index (χ0v) is 12.1. The predicted molar refractivity (Wildman–Crippen MR) is 77.4 cm³/mol. The van der Waals surface area contributed by atoms with Crippen LogP contribution in [0.2, 0.25) is 5.02 Å². The molecule has 3 nitrogen and oxygen atoms in total. The molecule has 0 amide bonds. The molecule has 1 atom stereocenters. The van der Waals surface area contributed by atoms with Gasteiger partial charge in [0.1, 0.15) is 0 Å². The Labute approximate surface area is 118 Å². The van der Waals surface area contributed by atoms with Gasteiger partial charge in [-0.3, -0.25) is 4.68 Å². The van der Waals surface area contributed by atoms with Crippen LogP contribution >= 0.6 is 11.6 Å². The molecular weight excluding hydrogens is 260 g/mol. The maximum atomic E-state index is 10.4.